The van der Waals surface area contributed by atoms with E-state index in [0.717, 1.165) is 55.4 Å². The number of hydrogen-bond donors (Lipinski definition) is 0. The molecule has 2 aliphatic rings. The van der Waals surface area contributed by atoms with Gasteiger partial charge in [-0.15, -0.1) is 0 Å². The molecule has 5 nitrogen and oxygen atoms in total. The van der Waals surface area contributed by atoms with Crippen molar-refractivity contribution in [3.8, 4) is 5.69 Å². The van der Waals surface area contributed by atoms with E-state index in [2.05, 4.69) is 148 Å². The fourth-order valence-corrected chi connectivity index (χ4v) is 7.14. The number of hydrogen-bond acceptors (Lipinski definition) is 4. The zero-order valence-electron chi connectivity index (χ0n) is 23.7. The predicted molar refractivity (Wildman–Crippen MR) is 177 cm³/mol. The summed E-state index contributed by atoms with van der Waals surface area (Å²) in [4.78, 5) is 5.23. The van der Waals surface area contributed by atoms with Crippen molar-refractivity contribution in [3.05, 3.63) is 162 Å². The molecule has 0 aliphatic carbocycles. The van der Waals surface area contributed by atoms with Crippen LogP contribution in [-0.4, -0.2) is 20.4 Å². The van der Waals surface area contributed by atoms with Crippen LogP contribution >= 0.6 is 0 Å². The second-order valence-electron chi connectivity index (χ2n) is 11.6. The summed E-state index contributed by atoms with van der Waals surface area (Å²) in [6.07, 6.45) is 0.0925. The van der Waals surface area contributed by atoms with Crippen molar-refractivity contribution in [2.75, 3.05) is 0 Å². The highest BCUT2D eigenvalue weighted by Crippen LogP contribution is 2.54. The zero-order chi connectivity index (χ0) is 28.8. The maximum absolute atomic E-state index is 6.48. The Balaban J connectivity index is 1.10. The lowest BCUT2D eigenvalue weighted by Gasteiger charge is -2.13. The molecule has 44 heavy (non-hydrogen) atoms. The van der Waals surface area contributed by atoms with Gasteiger partial charge in [-0.05, 0) is 47.5 Å². The van der Waals surface area contributed by atoms with Gasteiger partial charge in [0.05, 0.1) is 16.4 Å². The average molecular weight is 567 g/mol. The van der Waals surface area contributed by atoms with Gasteiger partial charge >= 0.3 is 0 Å². The molecule has 8 aromatic rings. The van der Waals surface area contributed by atoms with Crippen LogP contribution in [0.1, 0.15) is 29.0 Å². The Morgan fingerprint density at radius 1 is 0.545 bits per heavy atom. The lowest BCUT2D eigenvalue weighted by molar-refractivity contribution is 0.341. The molecule has 4 heterocycles. The number of aliphatic imine (C=N–C) groups is 1. The first kappa shape index (κ1) is 23.9. The van der Waals surface area contributed by atoms with Gasteiger partial charge in [-0.1, -0.05) is 109 Å². The number of furan rings is 1. The SMILES string of the molecule is c1ccc(C2=NC(c3ccc(-n4c5ccccc5c5c6oc7ccccc7c6ccc54)cc3)N3C(c4ccccc4)N23)cc1. The topological polar surface area (TPSA) is 36.4 Å². The van der Waals surface area contributed by atoms with E-state index < -0.39 is 0 Å². The first-order valence-corrected chi connectivity index (χ1v) is 15.0. The molecule has 3 atom stereocenters. The fraction of sp³-hybridized carbons (Fsp3) is 0.0513. The fourth-order valence-electron chi connectivity index (χ4n) is 7.14. The van der Waals surface area contributed by atoms with Crippen LogP contribution in [0.15, 0.2) is 155 Å². The summed E-state index contributed by atoms with van der Waals surface area (Å²) in [5, 5.41) is 9.35. The van der Waals surface area contributed by atoms with Crippen molar-refractivity contribution in [1.82, 2.24) is 14.6 Å². The zero-order valence-corrected chi connectivity index (χ0v) is 23.7. The number of aromatic nitrogens is 1. The molecule has 1 saturated heterocycles. The normalized spacial score (nSPS) is 19.2. The van der Waals surface area contributed by atoms with Crippen molar-refractivity contribution in [1.29, 1.82) is 0 Å². The van der Waals surface area contributed by atoms with Crippen LogP contribution in [0.25, 0.3) is 49.4 Å². The third-order valence-corrected chi connectivity index (χ3v) is 9.15. The van der Waals surface area contributed by atoms with Crippen molar-refractivity contribution in [3.63, 3.8) is 0 Å². The lowest BCUT2D eigenvalue weighted by atomic mass is 10.1. The number of fused-ring (bicyclic) bond motifs is 8. The number of hydrazine groups is 1. The molecule has 6 aromatic carbocycles. The first-order chi connectivity index (χ1) is 21.8. The van der Waals surface area contributed by atoms with E-state index >= 15 is 0 Å². The number of nitrogens with zero attached hydrogens (tertiary/aromatic N) is 4. The highest BCUT2D eigenvalue weighted by atomic mass is 16.3. The molecule has 1 fully saturated rings. The molecule has 0 bridgehead atoms. The molecule has 3 unspecified atom stereocenters. The minimum atomic E-state index is -0.0854. The molecule has 0 N–H and O–H groups in total. The molecule has 10 rings (SSSR count). The Morgan fingerprint density at radius 2 is 1.25 bits per heavy atom. The van der Waals surface area contributed by atoms with Crippen LogP contribution in [0.5, 0.6) is 0 Å². The highest BCUT2D eigenvalue weighted by Gasteiger charge is 2.57. The second-order valence-corrected chi connectivity index (χ2v) is 11.6. The van der Waals surface area contributed by atoms with Gasteiger partial charge in [0.25, 0.3) is 0 Å². The maximum atomic E-state index is 6.48. The van der Waals surface area contributed by atoms with Gasteiger partial charge in [0.2, 0.25) is 0 Å². The minimum absolute atomic E-state index is 0.0854. The van der Waals surface area contributed by atoms with Crippen molar-refractivity contribution in [2.45, 2.75) is 12.3 Å². The van der Waals surface area contributed by atoms with Gasteiger partial charge < -0.3 is 8.98 Å². The molecular formula is C39H26N4O. The second kappa shape index (κ2) is 8.93. The molecule has 2 aromatic heterocycles. The quantitative estimate of drug-likeness (QED) is 0.199. The van der Waals surface area contributed by atoms with Gasteiger partial charge in [-0.2, -0.15) is 5.01 Å². The van der Waals surface area contributed by atoms with Crippen LogP contribution in [0, 0.1) is 0 Å². The van der Waals surface area contributed by atoms with E-state index in [9.17, 15) is 0 Å². The van der Waals surface area contributed by atoms with Crippen LogP contribution < -0.4 is 0 Å². The van der Waals surface area contributed by atoms with Crippen molar-refractivity contribution < 1.29 is 4.42 Å². The Bertz CT molecular complexity index is 2400. The van der Waals surface area contributed by atoms with Crippen molar-refractivity contribution >= 4 is 49.6 Å². The van der Waals surface area contributed by atoms with Gasteiger partial charge in [0.1, 0.15) is 29.3 Å². The van der Waals surface area contributed by atoms with E-state index in [-0.39, 0.29) is 12.3 Å². The van der Waals surface area contributed by atoms with Gasteiger partial charge in [0, 0.05) is 27.4 Å². The lowest BCUT2D eigenvalue weighted by Crippen LogP contribution is -2.11. The molecule has 5 heteroatoms. The van der Waals surface area contributed by atoms with Gasteiger partial charge in [-0.25, -0.2) is 4.99 Å². The third-order valence-electron chi connectivity index (χ3n) is 9.15. The summed E-state index contributed by atoms with van der Waals surface area (Å²) >= 11 is 0. The van der Waals surface area contributed by atoms with Crippen molar-refractivity contribution in [2.24, 2.45) is 4.99 Å². The number of para-hydroxylation sites is 2. The average Bonchev–Trinajstić information content (AvgIpc) is 3.35. The number of rotatable bonds is 4. The smallest absolute Gasteiger partial charge is 0.150 e. The summed E-state index contributed by atoms with van der Waals surface area (Å²) in [5.41, 5.74) is 8.86. The first-order valence-electron chi connectivity index (χ1n) is 15.0. The summed E-state index contributed by atoms with van der Waals surface area (Å²) in [6.45, 7) is 0. The molecule has 2 aliphatic heterocycles. The minimum Gasteiger partial charge on any atom is -0.455 e. The molecule has 0 radical (unpaired) electrons. The number of amidine groups is 1. The summed E-state index contributed by atoms with van der Waals surface area (Å²) in [5.74, 6) is 1.02. The molecular weight excluding hydrogens is 540 g/mol. The number of benzene rings is 6. The summed E-state index contributed by atoms with van der Waals surface area (Å²) in [7, 11) is 0. The summed E-state index contributed by atoms with van der Waals surface area (Å²) in [6, 6.07) is 51.5. The molecule has 208 valence electrons. The summed E-state index contributed by atoms with van der Waals surface area (Å²) < 4.78 is 8.83. The molecule has 0 spiro atoms. The van der Waals surface area contributed by atoms with E-state index in [1.807, 2.05) is 12.1 Å². The maximum Gasteiger partial charge on any atom is 0.150 e. The highest BCUT2D eigenvalue weighted by molar-refractivity contribution is 6.23. The Kier molecular flexibility index (Phi) is 4.84. The largest absolute Gasteiger partial charge is 0.455 e. The van der Waals surface area contributed by atoms with E-state index in [0.29, 0.717) is 0 Å². The van der Waals surface area contributed by atoms with E-state index in [4.69, 9.17) is 9.41 Å². The molecule has 0 amide bonds. The van der Waals surface area contributed by atoms with Gasteiger partial charge in [0.15, 0.2) is 0 Å². The van der Waals surface area contributed by atoms with Crippen LogP contribution in [0.3, 0.4) is 0 Å². The Morgan fingerprint density at radius 3 is 2.07 bits per heavy atom. The molecule has 0 saturated carbocycles. The Hall–Kier alpha value is -5.65. The van der Waals surface area contributed by atoms with E-state index in [1.165, 1.54) is 16.5 Å². The monoisotopic (exact) mass is 566 g/mol. The van der Waals surface area contributed by atoms with Gasteiger partial charge in [-0.3, -0.25) is 5.01 Å². The standard InChI is InChI=1S/C39H26N4O/c1-3-11-25(12-4-1)37-40-38(43-39(42(37)43)27-13-5-2-6-14-27)26-19-21-28(22-20-26)41-32-17-9-7-16-31(32)35-33(41)24-23-30-29-15-8-10-18-34(29)44-36(30)35/h1-24,38-39H. The van der Waals surface area contributed by atoms with Crippen LogP contribution in [-0.2, 0) is 0 Å². The Labute approximate surface area is 253 Å². The van der Waals surface area contributed by atoms with Crippen LogP contribution in [0.2, 0.25) is 0 Å². The third kappa shape index (κ3) is 3.30. The predicted octanol–water partition coefficient (Wildman–Crippen LogP) is 9.37. The van der Waals surface area contributed by atoms with Crippen LogP contribution in [0.4, 0.5) is 0 Å². The van der Waals surface area contributed by atoms with E-state index in [1.54, 1.807) is 0 Å².